The molecule has 2 aromatic rings. The summed E-state index contributed by atoms with van der Waals surface area (Å²) in [5.41, 5.74) is 9.47. The van der Waals surface area contributed by atoms with Crippen LogP contribution in [0.5, 0.6) is 0 Å². The van der Waals surface area contributed by atoms with Gasteiger partial charge in [-0.15, -0.1) is 0 Å². The Bertz CT molecular complexity index is 551. The van der Waals surface area contributed by atoms with Crippen LogP contribution in [0.1, 0.15) is 24.1 Å². The molecule has 1 unspecified atom stereocenters. The van der Waals surface area contributed by atoms with Gasteiger partial charge in [0.2, 0.25) is 0 Å². The number of rotatable bonds is 5. The summed E-state index contributed by atoms with van der Waals surface area (Å²) in [4.78, 5) is 1.97. The highest BCUT2D eigenvalue weighted by molar-refractivity contribution is 5.46. The number of nitrogens with two attached hydrogens (primary N) is 1. The maximum absolute atomic E-state index is 13.2. The van der Waals surface area contributed by atoms with Gasteiger partial charge in [-0.2, -0.15) is 0 Å². The maximum atomic E-state index is 13.2. The molecule has 0 fully saturated rings. The molecule has 0 saturated heterocycles. The van der Waals surface area contributed by atoms with Crippen molar-refractivity contribution in [1.82, 2.24) is 0 Å². The fourth-order valence-corrected chi connectivity index (χ4v) is 2.22. The van der Waals surface area contributed by atoms with Crippen LogP contribution in [-0.2, 0) is 6.42 Å². The van der Waals surface area contributed by atoms with E-state index < -0.39 is 0 Å². The van der Waals surface area contributed by atoms with Gasteiger partial charge in [-0.3, -0.25) is 0 Å². The van der Waals surface area contributed by atoms with E-state index in [9.17, 15) is 4.39 Å². The molecule has 2 rings (SSSR count). The van der Waals surface area contributed by atoms with Crippen LogP contribution < -0.4 is 10.6 Å². The monoisotopic (exact) mass is 272 g/mol. The fraction of sp³-hybridized carbons (Fsp3) is 0.294. The van der Waals surface area contributed by atoms with E-state index in [1.807, 2.05) is 18.0 Å². The molecule has 1 atom stereocenters. The van der Waals surface area contributed by atoms with Crippen LogP contribution >= 0.6 is 0 Å². The Hall–Kier alpha value is -1.87. The van der Waals surface area contributed by atoms with Crippen molar-refractivity contribution in [2.45, 2.75) is 19.4 Å². The normalized spacial score (nSPS) is 12.2. The van der Waals surface area contributed by atoms with Crippen molar-refractivity contribution in [2.75, 3.05) is 18.5 Å². The summed E-state index contributed by atoms with van der Waals surface area (Å²) in [7, 11) is 1.93. The first-order valence-corrected chi connectivity index (χ1v) is 6.91. The van der Waals surface area contributed by atoms with Gasteiger partial charge in [0.15, 0.2) is 0 Å². The summed E-state index contributed by atoms with van der Waals surface area (Å²) in [6, 6.07) is 14.8. The van der Waals surface area contributed by atoms with Crippen molar-refractivity contribution >= 4 is 5.69 Å². The standard InChI is InChI=1S/C17H21FN2/c1-3-13-7-9-14(10-8-13)17(19)12-20(2)16-6-4-5-15(18)11-16/h4-11,17H,3,12,19H2,1-2H3. The van der Waals surface area contributed by atoms with E-state index in [-0.39, 0.29) is 11.9 Å². The molecule has 0 bridgehead atoms. The van der Waals surface area contributed by atoms with E-state index in [2.05, 4.69) is 31.2 Å². The molecule has 0 aliphatic carbocycles. The van der Waals surface area contributed by atoms with Crippen molar-refractivity contribution in [3.63, 3.8) is 0 Å². The lowest BCUT2D eigenvalue weighted by Crippen LogP contribution is -2.29. The van der Waals surface area contributed by atoms with Crippen LogP contribution in [0, 0.1) is 5.82 Å². The molecule has 2 nitrogen and oxygen atoms in total. The first-order chi connectivity index (χ1) is 9.60. The Balaban J connectivity index is 2.04. The molecule has 3 heteroatoms. The lowest BCUT2D eigenvalue weighted by Gasteiger charge is -2.23. The molecule has 0 amide bonds. The van der Waals surface area contributed by atoms with Gasteiger partial charge >= 0.3 is 0 Å². The molecule has 0 aliphatic rings. The summed E-state index contributed by atoms with van der Waals surface area (Å²) in [5.74, 6) is -0.227. The average Bonchev–Trinajstić information content (AvgIpc) is 2.47. The van der Waals surface area contributed by atoms with Crippen LogP contribution in [-0.4, -0.2) is 13.6 Å². The van der Waals surface area contributed by atoms with Crippen LogP contribution in [0.3, 0.4) is 0 Å². The highest BCUT2D eigenvalue weighted by Crippen LogP contribution is 2.18. The maximum Gasteiger partial charge on any atom is 0.125 e. The smallest absolute Gasteiger partial charge is 0.125 e. The fourth-order valence-electron chi connectivity index (χ4n) is 2.22. The number of halogens is 1. The van der Waals surface area contributed by atoms with E-state index in [1.165, 1.54) is 17.7 Å². The third-order valence-corrected chi connectivity index (χ3v) is 3.54. The summed E-state index contributed by atoms with van der Waals surface area (Å²) >= 11 is 0. The minimum atomic E-state index is -0.227. The van der Waals surface area contributed by atoms with Crippen LogP contribution in [0.25, 0.3) is 0 Å². The Morgan fingerprint density at radius 3 is 2.45 bits per heavy atom. The van der Waals surface area contributed by atoms with Crippen LogP contribution in [0.15, 0.2) is 48.5 Å². The predicted octanol–water partition coefficient (Wildman–Crippen LogP) is 3.52. The van der Waals surface area contributed by atoms with Crippen molar-refractivity contribution in [3.05, 3.63) is 65.5 Å². The van der Waals surface area contributed by atoms with Gasteiger partial charge in [-0.1, -0.05) is 37.3 Å². The first kappa shape index (κ1) is 14.5. The predicted molar refractivity (Wildman–Crippen MR) is 82.4 cm³/mol. The van der Waals surface area contributed by atoms with E-state index in [0.717, 1.165) is 17.7 Å². The van der Waals surface area contributed by atoms with Crippen LogP contribution in [0.4, 0.5) is 10.1 Å². The average molecular weight is 272 g/mol. The van der Waals surface area contributed by atoms with Crippen molar-refractivity contribution in [3.8, 4) is 0 Å². The number of hydrogen-bond donors (Lipinski definition) is 1. The van der Waals surface area contributed by atoms with Crippen LogP contribution in [0.2, 0.25) is 0 Å². The van der Waals surface area contributed by atoms with E-state index >= 15 is 0 Å². The molecule has 2 N–H and O–H groups in total. The van der Waals surface area contributed by atoms with Gasteiger partial charge in [0, 0.05) is 25.3 Å². The molecule has 2 aromatic carbocycles. The number of likely N-dealkylation sites (N-methyl/N-ethyl adjacent to an activating group) is 1. The largest absolute Gasteiger partial charge is 0.373 e. The first-order valence-electron chi connectivity index (χ1n) is 6.91. The van der Waals surface area contributed by atoms with E-state index in [4.69, 9.17) is 5.73 Å². The summed E-state index contributed by atoms with van der Waals surface area (Å²) in [5, 5.41) is 0. The molecule has 0 aliphatic heterocycles. The zero-order valence-corrected chi connectivity index (χ0v) is 12.0. The number of nitrogens with zero attached hydrogens (tertiary/aromatic N) is 1. The highest BCUT2D eigenvalue weighted by Gasteiger charge is 2.10. The molecule has 0 heterocycles. The summed E-state index contributed by atoms with van der Waals surface area (Å²) < 4.78 is 13.2. The molecule has 0 radical (unpaired) electrons. The lowest BCUT2D eigenvalue weighted by molar-refractivity contribution is 0.625. The van der Waals surface area contributed by atoms with Gasteiger partial charge < -0.3 is 10.6 Å². The minimum absolute atomic E-state index is 0.0887. The van der Waals surface area contributed by atoms with Crippen molar-refractivity contribution < 1.29 is 4.39 Å². The second-order valence-electron chi connectivity index (χ2n) is 5.06. The molecule has 106 valence electrons. The number of anilines is 1. The van der Waals surface area contributed by atoms with E-state index in [0.29, 0.717) is 6.54 Å². The van der Waals surface area contributed by atoms with Gasteiger partial charge in [0.1, 0.15) is 5.82 Å². The van der Waals surface area contributed by atoms with Crippen molar-refractivity contribution in [2.24, 2.45) is 5.73 Å². The number of hydrogen-bond acceptors (Lipinski definition) is 2. The third kappa shape index (κ3) is 3.58. The Morgan fingerprint density at radius 1 is 1.15 bits per heavy atom. The Morgan fingerprint density at radius 2 is 1.85 bits per heavy atom. The SMILES string of the molecule is CCc1ccc(C(N)CN(C)c2cccc(F)c2)cc1. The van der Waals surface area contributed by atoms with Gasteiger partial charge in [0.05, 0.1) is 0 Å². The molecule has 0 aromatic heterocycles. The Labute approximate surface area is 120 Å². The summed E-state index contributed by atoms with van der Waals surface area (Å²) in [6.07, 6.45) is 1.03. The second-order valence-corrected chi connectivity index (χ2v) is 5.06. The quantitative estimate of drug-likeness (QED) is 0.902. The zero-order valence-electron chi connectivity index (χ0n) is 12.0. The number of benzene rings is 2. The highest BCUT2D eigenvalue weighted by atomic mass is 19.1. The van der Waals surface area contributed by atoms with E-state index in [1.54, 1.807) is 6.07 Å². The topological polar surface area (TPSA) is 29.3 Å². The van der Waals surface area contributed by atoms with Crippen molar-refractivity contribution in [1.29, 1.82) is 0 Å². The van der Waals surface area contributed by atoms with Gasteiger partial charge in [-0.25, -0.2) is 4.39 Å². The van der Waals surface area contributed by atoms with Gasteiger partial charge in [-0.05, 0) is 35.7 Å². The zero-order chi connectivity index (χ0) is 14.5. The molecular weight excluding hydrogens is 251 g/mol. The molecular formula is C17H21FN2. The number of aryl methyl sites for hydroxylation is 1. The Kier molecular flexibility index (Phi) is 4.74. The third-order valence-electron chi connectivity index (χ3n) is 3.54. The van der Waals surface area contributed by atoms with Gasteiger partial charge in [0.25, 0.3) is 0 Å². The second kappa shape index (κ2) is 6.53. The molecule has 0 saturated carbocycles. The lowest BCUT2D eigenvalue weighted by atomic mass is 10.0. The summed E-state index contributed by atoms with van der Waals surface area (Å²) in [6.45, 7) is 2.78. The minimum Gasteiger partial charge on any atom is -0.373 e. The molecule has 0 spiro atoms. The molecule has 20 heavy (non-hydrogen) atoms.